The van der Waals surface area contributed by atoms with E-state index in [-0.39, 0.29) is 5.91 Å². The highest BCUT2D eigenvalue weighted by atomic mass is 16.6. The van der Waals surface area contributed by atoms with Crippen LogP contribution in [0.3, 0.4) is 0 Å². The second-order valence-electron chi connectivity index (χ2n) is 5.01. The molecule has 0 bridgehead atoms. The molecule has 1 aromatic rings. The van der Waals surface area contributed by atoms with Gasteiger partial charge in [-0.3, -0.25) is 14.4 Å². The summed E-state index contributed by atoms with van der Waals surface area (Å²) < 4.78 is 10.2. The molecule has 1 amide bonds. The topological polar surface area (TPSA) is 81.7 Å². The molecule has 0 aromatic heterocycles. The van der Waals surface area contributed by atoms with Crippen LogP contribution in [0, 0.1) is 5.92 Å². The minimum absolute atomic E-state index is 0.381. The number of esters is 2. The van der Waals surface area contributed by atoms with Crippen molar-refractivity contribution < 1.29 is 23.9 Å². The Hall–Kier alpha value is -2.37. The zero-order chi connectivity index (χ0) is 16.7. The number of para-hydroxylation sites is 1. The number of amides is 1. The first-order valence-electron chi connectivity index (χ1n) is 7.01. The van der Waals surface area contributed by atoms with E-state index in [0.717, 1.165) is 0 Å². The highest BCUT2D eigenvalue weighted by Crippen LogP contribution is 2.19. The molecule has 0 aliphatic rings. The molecule has 1 aromatic carbocycles. The molecule has 0 aliphatic heterocycles. The average Bonchev–Trinajstić information content (AvgIpc) is 2.37. The molecule has 0 fully saturated rings. The van der Waals surface area contributed by atoms with Crippen LogP contribution in [-0.4, -0.2) is 30.1 Å². The molecular weight excluding hydrogens is 286 g/mol. The molecule has 1 N–H and O–H groups in total. The largest absolute Gasteiger partial charge is 0.462 e. The number of hydrogen-bond acceptors (Lipinski definition) is 5. The fraction of sp³-hybridized carbons (Fsp3) is 0.438. The van der Waals surface area contributed by atoms with Crippen molar-refractivity contribution in [2.75, 3.05) is 5.32 Å². The molecule has 0 radical (unpaired) electrons. The van der Waals surface area contributed by atoms with E-state index in [0.29, 0.717) is 5.69 Å². The fourth-order valence-corrected chi connectivity index (χ4v) is 2.23. The molecule has 6 nitrogen and oxygen atoms in total. The summed E-state index contributed by atoms with van der Waals surface area (Å²) in [4.78, 5) is 34.7. The lowest BCUT2D eigenvalue weighted by atomic mass is 9.96. The summed E-state index contributed by atoms with van der Waals surface area (Å²) in [5, 5.41) is 2.73. The normalized spacial score (nSPS) is 14.4. The number of carbonyl (C=O) groups excluding carboxylic acids is 3. The third-order valence-corrected chi connectivity index (χ3v) is 3.06. The zero-order valence-corrected chi connectivity index (χ0v) is 13.2. The molecule has 2 atom stereocenters. The first kappa shape index (κ1) is 17.7. The SMILES string of the molecule is CC(=O)OC(C)C(C(=O)Nc1ccccc1)C(C)OC(C)=O. The van der Waals surface area contributed by atoms with Crippen LogP contribution in [0.5, 0.6) is 0 Å². The molecule has 6 heteroatoms. The maximum absolute atomic E-state index is 12.5. The molecule has 0 saturated heterocycles. The number of rotatable bonds is 6. The van der Waals surface area contributed by atoms with Crippen molar-refractivity contribution in [2.24, 2.45) is 5.92 Å². The van der Waals surface area contributed by atoms with E-state index < -0.39 is 30.1 Å². The summed E-state index contributed by atoms with van der Waals surface area (Å²) >= 11 is 0. The average molecular weight is 307 g/mol. The molecular formula is C16H21NO5. The van der Waals surface area contributed by atoms with Crippen LogP contribution in [0.25, 0.3) is 0 Å². The molecule has 0 heterocycles. The summed E-state index contributed by atoms with van der Waals surface area (Å²) in [7, 11) is 0. The van der Waals surface area contributed by atoms with Gasteiger partial charge in [0, 0.05) is 19.5 Å². The van der Waals surface area contributed by atoms with Gasteiger partial charge in [0.25, 0.3) is 0 Å². The number of anilines is 1. The van der Waals surface area contributed by atoms with Gasteiger partial charge in [0.2, 0.25) is 5.91 Å². The Kier molecular flexibility index (Phi) is 6.56. The lowest BCUT2D eigenvalue weighted by Gasteiger charge is -2.27. The molecule has 0 spiro atoms. The van der Waals surface area contributed by atoms with E-state index in [1.165, 1.54) is 13.8 Å². The van der Waals surface area contributed by atoms with Crippen molar-refractivity contribution in [2.45, 2.75) is 39.9 Å². The van der Waals surface area contributed by atoms with Crippen LogP contribution in [-0.2, 0) is 23.9 Å². The second kappa shape index (κ2) is 8.17. The van der Waals surface area contributed by atoms with Gasteiger partial charge >= 0.3 is 11.9 Å². The standard InChI is InChI=1S/C16H21NO5/c1-10(21-12(3)18)15(11(2)22-13(4)19)16(20)17-14-8-6-5-7-9-14/h5-11,15H,1-4H3,(H,17,20). The third-order valence-electron chi connectivity index (χ3n) is 3.06. The van der Waals surface area contributed by atoms with E-state index in [9.17, 15) is 14.4 Å². The molecule has 2 unspecified atom stereocenters. The molecule has 0 saturated carbocycles. The smallest absolute Gasteiger partial charge is 0.302 e. The van der Waals surface area contributed by atoms with Crippen LogP contribution >= 0.6 is 0 Å². The van der Waals surface area contributed by atoms with Crippen LogP contribution in [0.1, 0.15) is 27.7 Å². The van der Waals surface area contributed by atoms with E-state index in [1.807, 2.05) is 6.07 Å². The Labute approximate surface area is 129 Å². The van der Waals surface area contributed by atoms with Gasteiger partial charge in [-0.1, -0.05) is 18.2 Å². The maximum Gasteiger partial charge on any atom is 0.302 e. The van der Waals surface area contributed by atoms with Crippen LogP contribution in [0.2, 0.25) is 0 Å². The van der Waals surface area contributed by atoms with Crippen molar-refractivity contribution >= 4 is 23.5 Å². The van der Waals surface area contributed by atoms with Crippen LogP contribution < -0.4 is 5.32 Å². The van der Waals surface area contributed by atoms with Crippen molar-refractivity contribution in [1.82, 2.24) is 0 Å². The predicted octanol–water partition coefficient (Wildman–Crippen LogP) is 2.14. The first-order chi connectivity index (χ1) is 10.3. The van der Waals surface area contributed by atoms with Gasteiger partial charge in [0.1, 0.15) is 18.1 Å². The zero-order valence-electron chi connectivity index (χ0n) is 13.2. The number of nitrogens with one attached hydrogen (secondary N) is 1. The Balaban J connectivity index is 2.89. The summed E-state index contributed by atoms with van der Waals surface area (Å²) in [6.45, 7) is 5.71. The monoisotopic (exact) mass is 307 g/mol. The lowest BCUT2D eigenvalue weighted by Crippen LogP contribution is -2.42. The van der Waals surface area contributed by atoms with Gasteiger partial charge in [0.05, 0.1) is 0 Å². The second-order valence-corrected chi connectivity index (χ2v) is 5.01. The Morgan fingerprint density at radius 3 is 1.77 bits per heavy atom. The van der Waals surface area contributed by atoms with Crippen molar-refractivity contribution in [3.63, 3.8) is 0 Å². The van der Waals surface area contributed by atoms with Crippen molar-refractivity contribution in [1.29, 1.82) is 0 Å². The minimum Gasteiger partial charge on any atom is -0.462 e. The number of benzene rings is 1. The molecule has 0 aliphatic carbocycles. The highest BCUT2D eigenvalue weighted by molar-refractivity contribution is 5.93. The lowest BCUT2D eigenvalue weighted by molar-refractivity contribution is -0.159. The van der Waals surface area contributed by atoms with Gasteiger partial charge in [-0.05, 0) is 26.0 Å². The van der Waals surface area contributed by atoms with Gasteiger partial charge in [0.15, 0.2) is 0 Å². The molecule has 120 valence electrons. The molecule has 1 rings (SSSR count). The summed E-state index contributed by atoms with van der Waals surface area (Å²) in [5.41, 5.74) is 0.613. The maximum atomic E-state index is 12.5. The quantitative estimate of drug-likeness (QED) is 0.814. The molecule has 22 heavy (non-hydrogen) atoms. The van der Waals surface area contributed by atoms with Gasteiger partial charge in [-0.2, -0.15) is 0 Å². The third kappa shape index (κ3) is 5.55. The highest BCUT2D eigenvalue weighted by Gasteiger charge is 2.34. The number of ether oxygens (including phenoxy) is 2. The van der Waals surface area contributed by atoms with Crippen molar-refractivity contribution in [3.05, 3.63) is 30.3 Å². The van der Waals surface area contributed by atoms with Gasteiger partial charge in [-0.15, -0.1) is 0 Å². The Bertz CT molecular complexity index is 507. The summed E-state index contributed by atoms with van der Waals surface area (Å²) in [6, 6.07) is 8.88. The summed E-state index contributed by atoms with van der Waals surface area (Å²) in [6.07, 6.45) is -1.45. The van der Waals surface area contributed by atoms with Gasteiger partial charge in [-0.25, -0.2) is 0 Å². The minimum atomic E-state index is -0.812. The van der Waals surface area contributed by atoms with Gasteiger partial charge < -0.3 is 14.8 Å². The van der Waals surface area contributed by atoms with Crippen LogP contribution in [0.15, 0.2) is 30.3 Å². The fourth-order valence-electron chi connectivity index (χ4n) is 2.23. The van der Waals surface area contributed by atoms with Crippen LogP contribution in [0.4, 0.5) is 5.69 Å². The van der Waals surface area contributed by atoms with E-state index in [1.54, 1.807) is 38.1 Å². The number of hydrogen-bond donors (Lipinski definition) is 1. The predicted molar refractivity (Wildman–Crippen MR) is 81.0 cm³/mol. The van der Waals surface area contributed by atoms with Crippen molar-refractivity contribution in [3.8, 4) is 0 Å². The Morgan fingerprint density at radius 2 is 1.36 bits per heavy atom. The van der Waals surface area contributed by atoms with E-state index in [2.05, 4.69) is 5.32 Å². The van der Waals surface area contributed by atoms with E-state index >= 15 is 0 Å². The number of carbonyl (C=O) groups is 3. The Morgan fingerprint density at radius 1 is 0.909 bits per heavy atom. The summed E-state index contributed by atoms with van der Waals surface area (Å²) in [5.74, 6) is -2.19. The van der Waals surface area contributed by atoms with E-state index in [4.69, 9.17) is 9.47 Å². The first-order valence-corrected chi connectivity index (χ1v) is 7.01.